The molecule has 1 aliphatic rings. The summed E-state index contributed by atoms with van der Waals surface area (Å²) in [5.74, 6) is 0.655. The van der Waals surface area contributed by atoms with Crippen molar-refractivity contribution in [2.24, 2.45) is 5.92 Å². The fourth-order valence-corrected chi connectivity index (χ4v) is 4.51. The standard InChI is InChI=1S/C23H32N4OS/c1-17-21(18(2)26-23(25-17)29-3)11-12-22(28)24-14-20-10-7-13-27(16-20)15-19-8-5-4-6-9-19/h4-6,8-9,20H,7,10-16H2,1-3H3,(H,24,28). The van der Waals surface area contributed by atoms with Crippen LogP contribution in [0.2, 0.25) is 0 Å². The van der Waals surface area contributed by atoms with Gasteiger partial charge >= 0.3 is 0 Å². The topological polar surface area (TPSA) is 58.1 Å². The molecule has 2 heterocycles. The Morgan fingerprint density at radius 1 is 1.21 bits per heavy atom. The Morgan fingerprint density at radius 3 is 2.62 bits per heavy atom. The summed E-state index contributed by atoms with van der Waals surface area (Å²) in [6.07, 6.45) is 5.55. The minimum atomic E-state index is 0.123. The maximum Gasteiger partial charge on any atom is 0.220 e. The summed E-state index contributed by atoms with van der Waals surface area (Å²) in [5.41, 5.74) is 4.43. The molecule has 156 valence electrons. The zero-order valence-electron chi connectivity index (χ0n) is 17.8. The van der Waals surface area contributed by atoms with Gasteiger partial charge in [0.05, 0.1) is 0 Å². The molecule has 2 aromatic rings. The lowest BCUT2D eigenvalue weighted by Gasteiger charge is -2.32. The zero-order valence-corrected chi connectivity index (χ0v) is 18.6. The third-order valence-corrected chi connectivity index (χ3v) is 6.17. The maximum atomic E-state index is 12.4. The van der Waals surface area contributed by atoms with E-state index in [0.29, 0.717) is 18.8 Å². The van der Waals surface area contributed by atoms with E-state index in [1.807, 2.05) is 20.1 Å². The van der Waals surface area contributed by atoms with Crippen molar-refractivity contribution >= 4 is 17.7 Å². The molecular formula is C23H32N4OS. The highest BCUT2D eigenvalue weighted by Gasteiger charge is 2.20. The number of aromatic nitrogens is 2. The van der Waals surface area contributed by atoms with Gasteiger partial charge in [0, 0.05) is 37.4 Å². The lowest BCUT2D eigenvalue weighted by atomic mass is 9.97. The van der Waals surface area contributed by atoms with Crippen LogP contribution in [-0.4, -0.2) is 46.7 Å². The van der Waals surface area contributed by atoms with Crippen LogP contribution in [0.1, 0.15) is 41.8 Å². The highest BCUT2D eigenvalue weighted by atomic mass is 32.2. The molecule has 1 N–H and O–H groups in total. The Bertz CT molecular complexity index is 789. The second-order valence-corrected chi connectivity index (χ2v) is 8.67. The van der Waals surface area contributed by atoms with Crippen LogP contribution in [0, 0.1) is 19.8 Å². The van der Waals surface area contributed by atoms with Crippen molar-refractivity contribution in [3.63, 3.8) is 0 Å². The molecule has 1 amide bonds. The van der Waals surface area contributed by atoms with Crippen LogP contribution >= 0.6 is 11.8 Å². The molecule has 1 aromatic heterocycles. The van der Waals surface area contributed by atoms with Crippen molar-refractivity contribution < 1.29 is 4.79 Å². The van der Waals surface area contributed by atoms with E-state index >= 15 is 0 Å². The van der Waals surface area contributed by atoms with Crippen molar-refractivity contribution in [3.8, 4) is 0 Å². The lowest BCUT2D eigenvalue weighted by molar-refractivity contribution is -0.121. The number of carbonyl (C=O) groups is 1. The monoisotopic (exact) mass is 412 g/mol. The smallest absolute Gasteiger partial charge is 0.220 e. The minimum Gasteiger partial charge on any atom is -0.356 e. The largest absolute Gasteiger partial charge is 0.356 e. The lowest BCUT2D eigenvalue weighted by Crippen LogP contribution is -2.40. The summed E-state index contributed by atoms with van der Waals surface area (Å²) in [4.78, 5) is 23.9. The SMILES string of the molecule is CSc1nc(C)c(CCC(=O)NCC2CCCN(Cc3ccccc3)C2)c(C)n1. The molecular weight excluding hydrogens is 380 g/mol. The number of thioether (sulfide) groups is 1. The number of amides is 1. The van der Waals surface area contributed by atoms with E-state index < -0.39 is 0 Å². The number of nitrogens with zero attached hydrogens (tertiary/aromatic N) is 3. The average molecular weight is 413 g/mol. The Balaban J connectivity index is 1.43. The van der Waals surface area contributed by atoms with E-state index in [2.05, 4.69) is 50.5 Å². The average Bonchev–Trinajstić information content (AvgIpc) is 2.72. The fourth-order valence-electron chi connectivity index (χ4n) is 4.05. The molecule has 6 heteroatoms. The Hall–Kier alpha value is -1.92. The highest BCUT2D eigenvalue weighted by Crippen LogP contribution is 2.19. The van der Waals surface area contributed by atoms with E-state index in [1.54, 1.807) is 11.8 Å². The number of hydrogen-bond acceptors (Lipinski definition) is 5. The molecule has 29 heavy (non-hydrogen) atoms. The first-order valence-corrected chi connectivity index (χ1v) is 11.7. The molecule has 1 aliphatic heterocycles. The number of rotatable bonds is 8. The molecule has 0 saturated carbocycles. The summed E-state index contributed by atoms with van der Waals surface area (Å²) in [7, 11) is 0. The third-order valence-electron chi connectivity index (χ3n) is 5.62. The van der Waals surface area contributed by atoms with Crippen molar-refractivity contribution in [2.75, 3.05) is 25.9 Å². The number of carbonyl (C=O) groups excluding carboxylic acids is 1. The van der Waals surface area contributed by atoms with E-state index in [-0.39, 0.29) is 5.91 Å². The quantitative estimate of drug-likeness (QED) is 0.528. The summed E-state index contributed by atoms with van der Waals surface area (Å²) >= 11 is 1.55. The summed E-state index contributed by atoms with van der Waals surface area (Å²) in [6.45, 7) is 7.97. The van der Waals surface area contributed by atoms with Gasteiger partial charge in [0.15, 0.2) is 5.16 Å². The number of hydrogen-bond donors (Lipinski definition) is 1. The van der Waals surface area contributed by atoms with E-state index in [1.165, 1.54) is 18.4 Å². The van der Waals surface area contributed by atoms with Gasteiger partial charge in [0.2, 0.25) is 5.91 Å². The fraction of sp³-hybridized carbons (Fsp3) is 0.522. The van der Waals surface area contributed by atoms with E-state index in [4.69, 9.17) is 0 Å². The van der Waals surface area contributed by atoms with Crippen LogP contribution in [-0.2, 0) is 17.8 Å². The van der Waals surface area contributed by atoms with Crippen LogP contribution in [0.4, 0.5) is 0 Å². The second kappa shape index (κ2) is 10.7. The second-order valence-electron chi connectivity index (χ2n) is 7.89. The predicted molar refractivity (Wildman–Crippen MR) is 119 cm³/mol. The van der Waals surface area contributed by atoms with Crippen molar-refractivity contribution in [3.05, 3.63) is 52.8 Å². The van der Waals surface area contributed by atoms with Gasteiger partial charge in [-0.3, -0.25) is 9.69 Å². The molecule has 0 spiro atoms. The minimum absolute atomic E-state index is 0.123. The van der Waals surface area contributed by atoms with Crippen LogP contribution in [0.5, 0.6) is 0 Å². The summed E-state index contributed by atoms with van der Waals surface area (Å²) < 4.78 is 0. The molecule has 1 atom stereocenters. The number of nitrogens with one attached hydrogen (secondary N) is 1. The van der Waals surface area contributed by atoms with Gasteiger partial charge in [-0.25, -0.2) is 9.97 Å². The molecule has 1 aromatic carbocycles. The maximum absolute atomic E-state index is 12.4. The Kier molecular flexibility index (Phi) is 8.07. The number of aryl methyl sites for hydroxylation is 2. The normalized spacial score (nSPS) is 17.3. The van der Waals surface area contributed by atoms with Crippen LogP contribution in [0.15, 0.2) is 35.5 Å². The molecule has 0 bridgehead atoms. The van der Waals surface area contributed by atoms with Gasteiger partial charge < -0.3 is 5.32 Å². The predicted octanol–water partition coefficient (Wildman–Crippen LogP) is 3.78. The van der Waals surface area contributed by atoms with Gasteiger partial charge in [-0.2, -0.15) is 0 Å². The summed E-state index contributed by atoms with van der Waals surface area (Å²) in [6, 6.07) is 10.6. The molecule has 3 rings (SSSR count). The molecule has 1 saturated heterocycles. The van der Waals surface area contributed by atoms with Gasteiger partial charge in [-0.05, 0) is 63.0 Å². The highest BCUT2D eigenvalue weighted by molar-refractivity contribution is 7.98. The van der Waals surface area contributed by atoms with E-state index in [0.717, 1.165) is 48.3 Å². The number of benzene rings is 1. The first kappa shape index (κ1) is 21.8. The third kappa shape index (κ3) is 6.54. The Morgan fingerprint density at radius 2 is 1.93 bits per heavy atom. The van der Waals surface area contributed by atoms with Crippen molar-refractivity contribution in [1.29, 1.82) is 0 Å². The zero-order chi connectivity index (χ0) is 20.6. The van der Waals surface area contributed by atoms with Crippen molar-refractivity contribution in [1.82, 2.24) is 20.2 Å². The molecule has 0 radical (unpaired) electrons. The summed E-state index contributed by atoms with van der Waals surface area (Å²) in [5, 5.41) is 3.95. The molecule has 1 fully saturated rings. The van der Waals surface area contributed by atoms with Crippen LogP contribution in [0.3, 0.4) is 0 Å². The van der Waals surface area contributed by atoms with Crippen molar-refractivity contribution in [2.45, 2.75) is 51.2 Å². The number of likely N-dealkylation sites (tertiary alicyclic amines) is 1. The molecule has 5 nitrogen and oxygen atoms in total. The van der Waals surface area contributed by atoms with Gasteiger partial charge in [0.25, 0.3) is 0 Å². The Labute approximate surface area is 178 Å². The van der Waals surface area contributed by atoms with Crippen LogP contribution < -0.4 is 5.32 Å². The van der Waals surface area contributed by atoms with Gasteiger partial charge in [0.1, 0.15) is 0 Å². The number of piperidine rings is 1. The van der Waals surface area contributed by atoms with E-state index in [9.17, 15) is 4.79 Å². The van der Waals surface area contributed by atoms with Crippen LogP contribution in [0.25, 0.3) is 0 Å². The first-order chi connectivity index (χ1) is 14.0. The van der Waals surface area contributed by atoms with Gasteiger partial charge in [-0.15, -0.1) is 0 Å². The molecule has 1 unspecified atom stereocenters. The van der Waals surface area contributed by atoms with Gasteiger partial charge in [-0.1, -0.05) is 42.1 Å². The first-order valence-electron chi connectivity index (χ1n) is 10.5. The molecule has 0 aliphatic carbocycles.